The number of nitrogens with zero attached hydrogens (tertiary/aromatic N) is 3. The summed E-state index contributed by atoms with van der Waals surface area (Å²) in [7, 11) is 0. The fourth-order valence-corrected chi connectivity index (χ4v) is 3.67. The number of hydrogen-bond acceptors (Lipinski definition) is 3. The molecule has 0 spiro atoms. The van der Waals surface area contributed by atoms with E-state index in [-0.39, 0.29) is 11.9 Å². The summed E-state index contributed by atoms with van der Waals surface area (Å²) < 4.78 is 0. The van der Waals surface area contributed by atoms with E-state index in [0.717, 1.165) is 13.1 Å². The third kappa shape index (κ3) is 2.56. The first kappa shape index (κ1) is 15.3. The number of carbonyl (C=O) groups excluding carboxylic acids is 1. The van der Waals surface area contributed by atoms with Crippen LogP contribution in [0, 0.1) is 16.7 Å². The summed E-state index contributed by atoms with van der Waals surface area (Å²) in [5.41, 5.74) is -0.814. The number of rotatable bonds is 3. The molecule has 4 nitrogen and oxygen atoms in total. The lowest BCUT2D eigenvalue weighted by Gasteiger charge is -2.49. The first-order valence-electron chi connectivity index (χ1n) is 8.04. The fraction of sp³-hybridized carbons (Fsp3) is 0.875. The third-order valence-corrected chi connectivity index (χ3v) is 5.28. The van der Waals surface area contributed by atoms with Crippen molar-refractivity contribution in [2.75, 3.05) is 19.6 Å². The molecule has 0 aliphatic carbocycles. The smallest absolute Gasteiger partial charge is 0.243 e. The minimum atomic E-state index is -0.814. The van der Waals surface area contributed by atoms with Crippen molar-refractivity contribution in [1.29, 1.82) is 5.26 Å². The largest absolute Gasteiger partial charge is 0.336 e. The molecule has 0 N–H and O–H groups in total. The van der Waals surface area contributed by atoms with Crippen molar-refractivity contribution in [3.8, 4) is 6.07 Å². The number of piperidine rings is 1. The molecule has 112 valence electrons. The Morgan fingerprint density at radius 1 is 1.30 bits per heavy atom. The standard InChI is InChI=1S/C16H27N3O/c1-4-16(5-2,12-17)15(20)19-11-14-8-6-7-9-18(14)10-13(19)3/h13-14H,4-11H2,1-3H3. The van der Waals surface area contributed by atoms with Crippen molar-refractivity contribution < 1.29 is 4.79 Å². The summed E-state index contributed by atoms with van der Waals surface area (Å²) in [6.45, 7) is 8.96. The molecule has 0 aromatic rings. The number of amides is 1. The summed E-state index contributed by atoms with van der Waals surface area (Å²) in [4.78, 5) is 17.4. The van der Waals surface area contributed by atoms with Crippen LogP contribution in [0.1, 0.15) is 52.9 Å². The monoisotopic (exact) mass is 277 g/mol. The predicted octanol–water partition coefficient (Wildman–Crippen LogP) is 2.40. The zero-order valence-corrected chi connectivity index (χ0v) is 13.1. The first-order chi connectivity index (χ1) is 9.57. The average Bonchev–Trinajstić information content (AvgIpc) is 2.48. The molecule has 2 fully saturated rings. The quantitative estimate of drug-likeness (QED) is 0.796. The van der Waals surface area contributed by atoms with Crippen molar-refractivity contribution in [2.45, 2.75) is 65.0 Å². The third-order valence-electron chi connectivity index (χ3n) is 5.28. The van der Waals surface area contributed by atoms with Gasteiger partial charge in [0.2, 0.25) is 5.91 Å². The van der Waals surface area contributed by atoms with Crippen LogP contribution >= 0.6 is 0 Å². The molecule has 2 aliphatic rings. The van der Waals surface area contributed by atoms with E-state index in [9.17, 15) is 10.1 Å². The average molecular weight is 277 g/mol. The summed E-state index contributed by atoms with van der Waals surface area (Å²) in [5.74, 6) is 0.0581. The van der Waals surface area contributed by atoms with Crippen LogP contribution in [0.3, 0.4) is 0 Å². The topological polar surface area (TPSA) is 47.3 Å². The molecule has 2 aliphatic heterocycles. The highest BCUT2D eigenvalue weighted by Crippen LogP contribution is 2.32. The van der Waals surface area contributed by atoms with Crippen LogP contribution in [0.15, 0.2) is 0 Å². The molecule has 0 aromatic heterocycles. The second kappa shape index (κ2) is 6.13. The number of fused-ring (bicyclic) bond motifs is 1. The van der Waals surface area contributed by atoms with Crippen LogP contribution in [0.4, 0.5) is 0 Å². The van der Waals surface area contributed by atoms with Crippen molar-refractivity contribution in [3.63, 3.8) is 0 Å². The minimum absolute atomic E-state index is 0.0581. The molecular formula is C16H27N3O. The molecule has 1 amide bonds. The molecule has 20 heavy (non-hydrogen) atoms. The molecule has 2 rings (SSSR count). The molecule has 2 heterocycles. The predicted molar refractivity (Wildman–Crippen MR) is 79.0 cm³/mol. The maximum Gasteiger partial charge on any atom is 0.243 e. The number of carbonyl (C=O) groups is 1. The van der Waals surface area contributed by atoms with E-state index in [1.807, 2.05) is 18.7 Å². The lowest BCUT2D eigenvalue weighted by Crippen LogP contribution is -2.62. The van der Waals surface area contributed by atoms with Crippen LogP contribution in [0.25, 0.3) is 0 Å². The summed E-state index contributed by atoms with van der Waals surface area (Å²) in [6, 6.07) is 3.03. The van der Waals surface area contributed by atoms with Crippen LogP contribution < -0.4 is 0 Å². The number of nitriles is 1. The van der Waals surface area contributed by atoms with Crippen molar-refractivity contribution in [3.05, 3.63) is 0 Å². The second-order valence-electron chi connectivity index (χ2n) is 6.35. The number of hydrogen-bond donors (Lipinski definition) is 0. The van der Waals surface area contributed by atoms with E-state index in [0.29, 0.717) is 18.9 Å². The van der Waals surface area contributed by atoms with Crippen LogP contribution in [0.2, 0.25) is 0 Å². The molecule has 2 unspecified atom stereocenters. The first-order valence-corrected chi connectivity index (χ1v) is 8.04. The van der Waals surface area contributed by atoms with Crippen molar-refractivity contribution in [1.82, 2.24) is 9.80 Å². The molecular weight excluding hydrogens is 250 g/mol. The Kier molecular flexibility index (Phi) is 4.70. The summed E-state index contributed by atoms with van der Waals surface area (Å²) in [6.07, 6.45) is 4.95. The maximum atomic E-state index is 12.9. The van der Waals surface area contributed by atoms with Gasteiger partial charge in [-0.15, -0.1) is 0 Å². The minimum Gasteiger partial charge on any atom is -0.336 e. The van der Waals surface area contributed by atoms with E-state index in [4.69, 9.17) is 0 Å². The van der Waals surface area contributed by atoms with E-state index in [1.54, 1.807) is 0 Å². The summed E-state index contributed by atoms with van der Waals surface area (Å²) in [5, 5.41) is 9.49. The summed E-state index contributed by atoms with van der Waals surface area (Å²) >= 11 is 0. The van der Waals surface area contributed by atoms with Crippen molar-refractivity contribution in [2.24, 2.45) is 5.41 Å². The lowest BCUT2D eigenvalue weighted by atomic mass is 9.81. The van der Waals surface area contributed by atoms with Crippen LogP contribution in [0.5, 0.6) is 0 Å². The van der Waals surface area contributed by atoms with Gasteiger partial charge in [-0.05, 0) is 39.2 Å². The van der Waals surface area contributed by atoms with Gasteiger partial charge in [0.25, 0.3) is 0 Å². The highest BCUT2D eigenvalue weighted by atomic mass is 16.2. The van der Waals surface area contributed by atoms with Gasteiger partial charge in [0.05, 0.1) is 6.07 Å². The second-order valence-corrected chi connectivity index (χ2v) is 6.35. The van der Waals surface area contributed by atoms with Gasteiger partial charge >= 0.3 is 0 Å². The molecule has 4 heteroatoms. The molecule has 2 atom stereocenters. The molecule has 0 radical (unpaired) electrons. The normalized spacial score (nSPS) is 27.8. The molecule has 0 saturated carbocycles. The molecule has 0 bridgehead atoms. The van der Waals surface area contributed by atoms with Gasteiger partial charge in [-0.25, -0.2) is 0 Å². The zero-order valence-electron chi connectivity index (χ0n) is 13.1. The van der Waals surface area contributed by atoms with E-state index in [1.165, 1.54) is 25.8 Å². The Labute approximate surface area is 122 Å². The highest BCUT2D eigenvalue weighted by Gasteiger charge is 2.43. The van der Waals surface area contributed by atoms with Gasteiger partial charge < -0.3 is 4.90 Å². The van der Waals surface area contributed by atoms with Gasteiger partial charge in [0.15, 0.2) is 0 Å². The molecule has 0 aromatic carbocycles. The Balaban J connectivity index is 2.15. The van der Waals surface area contributed by atoms with Gasteiger partial charge in [0.1, 0.15) is 5.41 Å². The fourth-order valence-electron chi connectivity index (χ4n) is 3.67. The van der Waals surface area contributed by atoms with Crippen molar-refractivity contribution >= 4 is 5.91 Å². The highest BCUT2D eigenvalue weighted by molar-refractivity contribution is 5.85. The Morgan fingerprint density at radius 3 is 2.60 bits per heavy atom. The van der Waals surface area contributed by atoms with Gasteiger partial charge in [-0.1, -0.05) is 20.3 Å². The molecule has 2 saturated heterocycles. The van der Waals surface area contributed by atoms with Gasteiger partial charge in [0, 0.05) is 25.2 Å². The Bertz CT molecular complexity index is 397. The Morgan fingerprint density at radius 2 is 2.00 bits per heavy atom. The zero-order chi connectivity index (χ0) is 14.8. The number of piperazine rings is 1. The van der Waals surface area contributed by atoms with Crippen LogP contribution in [-0.4, -0.2) is 47.4 Å². The van der Waals surface area contributed by atoms with E-state index >= 15 is 0 Å². The Hall–Kier alpha value is -1.08. The maximum absolute atomic E-state index is 12.9. The SMILES string of the molecule is CCC(C#N)(CC)C(=O)N1CC2CCCCN2CC1C. The van der Waals surface area contributed by atoms with Crippen LogP contribution in [-0.2, 0) is 4.79 Å². The van der Waals surface area contributed by atoms with E-state index < -0.39 is 5.41 Å². The van der Waals surface area contributed by atoms with E-state index in [2.05, 4.69) is 17.9 Å². The lowest BCUT2D eigenvalue weighted by molar-refractivity contribution is -0.146. The van der Waals surface area contributed by atoms with Gasteiger partial charge in [-0.2, -0.15) is 5.26 Å². The van der Waals surface area contributed by atoms with Gasteiger partial charge in [-0.3, -0.25) is 9.69 Å².